The summed E-state index contributed by atoms with van der Waals surface area (Å²) < 4.78 is 14.1. The first kappa shape index (κ1) is 22.6. The third-order valence-electron chi connectivity index (χ3n) is 7.11. The number of halogens is 1. The summed E-state index contributed by atoms with van der Waals surface area (Å²) in [6.45, 7) is 4.27. The number of amidine groups is 1. The molecule has 170 valence electrons. The quantitative estimate of drug-likeness (QED) is 0.688. The number of rotatable bonds is 5. The molecule has 0 unspecified atom stereocenters. The van der Waals surface area contributed by atoms with E-state index in [9.17, 15) is 9.18 Å². The maximum atomic E-state index is 14.1. The second-order valence-electron chi connectivity index (χ2n) is 9.58. The highest BCUT2D eigenvalue weighted by molar-refractivity contribution is 7.95. The minimum Gasteiger partial charge on any atom is -0.296 e. The van der Waals surface area contributed by atoms with Crippen LogP contribution in [0.1, 0.15) is 51.9 Å². The van der Waals surface area contributed by atoms with Gasteiger partial charge in [-0.2, -0.15) is 0 Å². The number of likely N-dealkylation sites (tertiary alicyclic amines) is 1. The minimum absolute atomic E-state index is 0.176. The van der Waals surface area contributed by atoms with E-state index >= 15 is 0 Å². The Balaban J connectivity index is 1.67. The van der Waals surface area contributed by atoms with Crippen molar-refractivity contribution in [2.24, 2.45) is 4.99 Å². The van der Waals surface area contributed by atoms with Crippen LogP contribution in [0.3, 0.4) is 0 Å². The van der Waals surface area contributed by atoms with Gasteiger partial charge >= 0.3 is 6.03 Å². The van der Waals surface area contributed by atoms with Gasteiger partial charge in [0.1, 0.15) is 22.9 Å². The lowest BCUT2D eigenvalue weighted by Crippen LogP contribution is -2.60. The number of aliphatic imine (C=N–C) groups is 1. The fourth-order valence-electron chi connectivity index (χ4n) is 5.42. The number of nitrogens with one attached hydrogen (secondary N) is 1. The molecule has 2 amide bonds. The zero-order valence-corrected chi connectivity index (χ0v) is 19.9. The second kappa shape index (κ2) is 9.49. The van der Waals surface area contributed by atoms with Crippen molar-refractivity contribution in [1.82, 2.24) is 10.2 Å². The van der Waals surface area contributed by atoms with Gasteiger partial charge in [0.25, 0.3) is 0 Å². The van der Waals surface area contributed by atoms with Crippen LogP contribution in [0.4, 0.5) is 14.9 Å². The van der Waals surface area contributed by atoms with Gasteiger partial charge in [-0.25, -0.2) is 9.18 Å². The Bertz CT molecular complexity index is 826. The van der Waals surface area contributed by atoms with E-state index in [2.05, 4.69) is 29.7 Å². The van der Waals surface area contributed by atoms with Crippen molar-refractivity contribution in [2.45, 2.75) is 69.5 Å². The summed E-state index contributed by atoms with van der Waals surface area (Å²) in [6, 6.07) is 6.86. The van der Waals surface area contributed by atoms with Gasteiger partial charge in [-0.05, 0) is 61.7 Å². The Hall–Kier alpha value is -1.60. The molecule has 1 N–H and O–H groups in total. The van der Waals surface area contributed by atoms with E-state index in [1.54, 1.807) is 11.0 Å². The summed E-state index contributed by atoms with van der Waals surface area (Å²) in [6.07, 6.45) is 12.1. The predicted molar refractivity (Wildman–Crippen MR) is 129 cm³/mol. The molecular formula is C24H36FN4OS+. The van der Waals surface area contributed by atoms with Gasteiger partial charge in [0.05, 0.1) is 18.6 Å². The smallest absolute Gasteiger partial charge is 0.296 e. The molecule has 7 heteroatoms. The molecule has 1 aromatic rings. The summed E-state index contributed by atoms with van der Waals surface area (Å²) in [5, 5.41) is 3.11. The van der Waals surface area contributed by atoms with Crippen molar-refractivity contribution < 1.29 is 9.18 Å². The van der Waals surface area contributed by atoms with E-state index in [-0.39, 0.29) is 17.9 Å². The highest BCUT2D eigenvalue weighted by Crippen LogP contribution is 2.40. The molecule has 1 spiro atoms. The van der Waals surface area contributed by atoms with Crippen LogP contribution in [0.25, 0.3) is 0 Å². The summed E-state index contributed by atoms with van der Waals surface area (Å²) in [5.41, 5.74) is 0.105. The molecule has 0 bridgehead atoms. The van der Waals surface area contributed by atoms with Crippen molar-refractivity contribution in [3.63, 3.8) is 0 Å². The number of piperidine rings is 1. The van der Waals surface area contributed by atoms with Crippen LogP contribution in [0, 0.1) is 5.82 Å². The number of anilines is 1. The number of amides is 2. The molecule has 2 aliphatic heterocycles. The summed E-state index contributed by atoms with van der Waals surface area (Å²) >= 11 is 0. The van der Waals surface area contributed by atoms with Gasteiger partial charge < -0.3 is 0 Å². The Morgan fingerprint density at radius 2 is 2.03 bits per heavy atom. The van der Waals surface area contributed by atoms with Gasteiger partial charge in [0, 0.05) is 24.8 Å². The normalized spacial score (nSPS) is 29.3. The first-order valence-corrected chi connectivity index (χ1v) is 13.8. The highest BCUT2D eigenvalue weighted by Gasteiger charge is 2.54. The van der Waals surface area contributed by atoms with E-state index in [1.807, 2.05) is 6.07 Å². The molecule has 3 fully saturated rings. The standard InChI is InChI=1S/C24H35FN4OS/c1-18-17-24(12-13-28(18)14-15-31(2)3)22(26-20-9-5-4-6-10-20)27-23(30)29(24)21-11-7-8-19(25)16-21/h7-8,11,16,18,20H,4-6,9-10,12-15,17H2,1-3H3/p+1/t18-,24+/m0/s1. The lowest BCUT2D eigenvalue weighted by Gasteiger charge is -2.47. The molecule has 0 aromatic heterocycles. The molecular weight excluding hydrogens is 411 g/mol. The van der Waals surface area contributed by atoms with Crippen molar-refractivity contribution in [2.75, 3.05) is 36.3 Å². The third kappa shape index (κ3) is 4.77. The van der Waals surface area contributed by atoms with Crippen molar-refractivity contribution in [3.8, 4) is 0 Å². The fourth-order valence-corrected chi connectivity index (χ4v) is 6.02. The van der Waals surface area contributed by atoms with Crippen molar-refractivity contribution >= 4 is 28.4 Å². The Morgan fingerprint density at radius 3 is 2.71 bits per heavy atom. The molecule has 2 atom stereocenters. The number of urea groups is 1. The molecule has 5 nitrogen and oxygen atoms in total. The average Bonchev–Trinajstić information content (AvgIpc) is 2.98. The Labute approximate surface area is 188 Å². The summed E-state index contributed by atoms with van der Waals surface area (Å²) in [4.78, 5) is 22.7. The topological polar surface area (TPSA) is 47.9 Å². The van der Waals surface area contributed by atoms with Gasteiger partial charge in [-0.15, -0.1) is 0 Å². The molecule has 0 radical (unpaired) electrons. The van der Waals surface area contributed by atoms with Gasteiger partial charge in [-0.1, -0.05) is 25.3 Å². The van der Waals surface area contributed by atoms with Gasteiger partial charge in [0.15, 0.2) is 0 Å². The Morgan fingerprint density at radius 1 is 1.26 bits per heavy atom. The van der Waals surface area contributed by atoms with Crippen LogP contribution >= 0.6 is 0 Å². The largest absolute Gasteiger partial charge is 0.328 e. The van der Waals surface area contributed by atoms with E-state index < -0.39 is 5.54 Å². The number of benzene rings is 1. The molecule has 1 aliphatic carbocycles. The number of carbonyl (C=O) groups excluding carboxylic acids is 1. The van der Waals surface area contributed by atoms with Crippen LogP contribution in [0.5, 0.6) is 0 Å². The van der Waals surface area contributed by atoms with E-state index in [4.69, 9.17) is 4.99 Å². The van der Waals surface area contributed by atoms with E-state index in [0.717, 1.165) is 44.6 Å². The maximum Gasteiger partial charge on any atom is 0.328 e. The first-order chi connectivity index (χ1) is 14.9. The number of nitrogens with zero attached hydrogens (tertiary/aromatic N) is 3. The second-order valence-corrected chi connectivity index (χ2v) is 12.0. The monoisotopic (exact) mass is 447 g/mol. The zero-order valence-electron chi connectivity index (χ0n) is 19.1. The van der Waals surface area contributed by atoms with Crippen molar-refractivity contribution in [1.29, 1.82) is 0 Å². The minimum atomic E-state index is -0.516. The molecule has 1 saturated carbocycles. The van der Waals surface area contributed by atoms with Gasteiger partial charge in [0.2, 0.25) is 0 Å². The summed E-state index contributed by atoms with van der Waals surface area (Å²) in [7, 11) is 0.416. The maximum absolute atomic E-state index is 14.1. The number of carbonyl (C=O) groups is 1. The fraction of sp³-hybridized carbons (Fsp3) is 0.667. The number of hydrogen-bond acceptors (Lipinski definition) is 3. The summed E-state index contributed by atoms with van der Waals surface area (Å²) in [5.74, 6) is 1.69. The van der Waals surface area contributed by atoms with Crippen LogP contribution in [-0.4, -0.2) is 65.7 Å². The number of hydrogen-bond donors (Lipinski definition) is 1. The predicted octanol–water partition coefficient (Wildman–Crippen LogP) is 4.19. The van der Waals surface area contributed by atoms with Crippen molar-refractivity contribution in [3.05, 3.63) is 30.1 Å². The lowest BCUT2D eigenvalue weighted by molar-refractivity contribution is 0.139. The van der Waals surface area contributed by atoms with Gasteiger partial charge in [-0.3, -0.25) is 20.1 Å². The lowest BCUT2D eigenvalue weighted by atomic mass is 9.81. The zero-order chi connectivity index (χ0) is 22.0. The van der Waals surface area contributed by atoms with Crippen LogP contribution in [0.15, 0.2) is 29.3 Å². The molecule has 1 aromatic carbocycles. The molecule has 3 aliphatic rings. The van der Waals surface area contributed by atoms with Crippen LogP contribution < -0.4 is 10.2 Å². The Kier molecular flexibility index (Phi) is 6.92. The highest BCUT2D eigenvalue weighted by atomic mass is 32.2. The molecule has 2 heterocycles. The van der Waals surface area contributed by atoms with Crippen LogP contribution in [-0.2, 0) is 10.9 Å². The first-order valence-electron chi connectivity index (χ1n) is 11.6. The molecule has 2 saturated heterocycles. The SMILES string of the molecule is C[C@H]1C[C@]2(CCN1CC[S+](C)C)C(=NC1CCCCC1)NC(=O)N2c1cccc(F)c1. The third-order valence-corrected chi connectivity index (χ3v) is 8.10. The van der Waals surface area contributed by atoms with Crippen LogP contribution in [0.2, 0.25) is 0 Å². The average molecular weight is 448 g/mol. The van der Waals surface area contributed by atoms with E-state index in [0.29, 0.717) is 22.6 Å². The molecule has 31 heavy (non-hydrogen) atoms. The van der Waals surface area contributed by atoms with E-state index in [1.165, 1.54) is 37.1 Å². The molecule has 4 rings (SSSR count).